The molecule has 0 saturated heterocycles. The number of rotatable bonds is 29. The largest absolute Gasteiger partial charge is 0.481 e. The highest BCUT2D eigenvalue weighted by Crippen LogP contribution is 2.60. The van der Waals surface area contributed by atoms with Crippen LogP contribution in [0.25, 0.3) is 0 Å². The van der Waals surface area contributed by atoms with Crippen molar-refractivity contribution in [2.75, 3.05) is 23.0 Å². The van der Waals surface area contributed by atoms with E-state index in [1.165, 1.54) is 11.4 Å². The molecule has 0 spiro atoms. The van der Waals surface area contributed by atoms with Gasteiger partial charge in [0, 0.05) is 23.0 Å². The second-order valence-electron chi connectivity index (χ2n) is 11.3. The molecule has 0 bridgehead atoms. The van der Waals surface area contributed by atoms with Gasteiger partial charge < -0.3 is 41.3 Å². The molecule has 0 fully saturated rings. The van der Waals surface area contributed by atoms with Crippen molar-refractivity contribution in [2.24, 2.45) is 0 Å². The monoisotopic (exact) mass is 794 g/mol. The zero-order valence-electron chi connectivity index (χ0n) is 29.2. The molecular weight excluding hydrogens is 736 g/mol. The number of carboxylic acids is 1. The van der Waals surface area contributed by atoms with E-state index in [-0.39, 0.29) is 55.3 Å². The molecule has 270 valence electrons. The Kier molecular flexibility index (Phi) is 29.3. The van der Waals surface area contributed by atoms with Crippen molar-refractivity contribution in [3.8, 4) is 0 Å². The van der Waals surface area contributed by atoms with Gasteiger partial charge in [0.05, 0.1) is 55.3 Å². The van der Waals surface area contributed by atoms with Crippen LogP contribution in [0.15, 0.2) is 0 Å². The molecule has 0 aromatic heterocycles. The van der Waals surface area contributed by atoms with Crippen LogP contribution in [0.4, 0.5) is 0 Å². The molecule has 0 amide bonds. The number of hydrogen-bond acceptors (Lipinski definition) is 13. The normalized spacial score (nSPS) is 16.1. The summed E-state index contributed by atoms with van der Waals surface area (Å²) in [4.78, 5) is 11.0. The predicted octanol–water partition coefficient (Wildman–Crippen LogP) is 11.6. The summed E-state index contributed by atoms with van der Waals surface area (Å²) in [5.41, 5.74) is 0. The number of carbonyl (C=O) groups is 1. The van der Waals surface area contributed by atoms with Crippen LogP contribution >= 0.6 is 75.8 Å². The first kappa shape index (κ1) is 47.3. The summed E-state index contributed by atoms with van der Waals surface area (Å²) in [6, 6.07) is 0. The van der Waals surface area contributed by atoms with E-state index in [1.54, 1.807) is 34.1 Å². The summed E-state index contributed by atoms with van der Waals surface area (Å²) in [5, 5.41) is 9.02. The van der Waals surface area contributed by atoms with Crippen LogP contribution < -0.4 is 0 Å². The summed E-state index contributed by atoms with van der Waals surface area (Å²) in [7, 11) is -4.78. The molecule has 0 saturated carbocycles. The lowest BCUT2D eigenvalue weighted by atomic mass is 10.5. The molecule has 0 radical (unpaired) electrons. The topological polar surface area (TPSA) is 111 Å². The highest BCUT2D eigenvalue weighted by molar-refractivity contribution is 8.54. The van der Waals surface area contributed by atoms with Crippen LogP contribution in [-0.4, -0.2) is 82.9 Å². The van der Waals surface area contributed by atoms with E-state index in [0.29, 0.717) is 23.0 Å². The highest BCUT2D eigenvalue weighted by atomic mass is 32.7. The summed E-state index contributed by atoms with van der Waals surface area (Å²) >= 11 is 6.31. The summed E-state index contributed by atoms with van der Waals surface area (Å²) in [6.07, 6.45) is -0.00246. The Hall–Kier alpha value is 2.27. The second-order valence-corrected chi connectivity index (χ2v) is 23.9. The third-order valence-electron chi connectivity index (χ3n) is 4.04. The van der Waals surface area contributed by atoms with Gasteiger partial charge in [0.25, 0.3) is 0 Å². The fourth-order valence-corrected chi connectivity index (χ4v) is 16.9. The molecule has 18 heteroatoms. The van der Waals surface area contributed by atoms with Crippen molar-refractivity contribution in [1.82, 2.24) is 0 Å². The van der Waals surface area contributed by atoms with Crippen LogP contribution in [0.2, 0.25) is 0 Å². The van der Waals surface area contributed by atoms with Crippen molar-refractivity contribution in [2.45, 2.75) is 145 Å². The molecule has 4 atom stereocenters. The van der Waals surface area contributed by atoms with Crippen LogP contribution in [0.3, 0.4) is 0 Å². The van der Waals surface area contributed by atoms with E-state index in [2.05, 4.69) is 0 Å². The minimum absolute atomic E-state index is 0.0246. The molecular formula is C27H58O10P4S4. The van der Waals surface area contributed by atoms with Gasteiger partial charge in [0.2, 0.25) is 30.3 Å². The van der Waals surface area contributed by atoms with Gasteiger partial charge in [-0.2, -0.15) is 0 Å². The smallest absolute Gasteiger partial charge is 0.304 e. The van der Waals surface area contributed by atoms with E-state index >= 15 is 0 Å². The van der Waals surface area contributed by atoms with Gasteiger partial charge in [-0.15, -0.1) is 0 Å². The third kappa shape index (κ3) is 29.7. The van der Waals surface area contributed by atoms with E-state index in [0.717, 1.165) is 0 Å². The van der Waals surface area contributed by atoms with Gasteiger partial charge in [0.15, 0.2) is 0 Å². The van der Waals surface area contributed by atoms with Crippen LogP contribution in [0.1, 0.15) is 96.4 Å². The minimum atomic E-state index is -1.32. The molecule has 10 nitrogen and oxygen atoms in total. The van der Waals surface area contributed by atoms with Crippen LogP contribution in [0.5, 0.6) is 0 Å². The Labute approximate surface area is 294 Å². The first-order valence-corrected chi connectivity index (χ1v) is 26.3. The first-order valence-electron chi connectivity index (χ1n) is 15.2. The average molecular weight is 795 g/mol. The van der Waals surface area contributed by atoms with Crippen molar-refractivity contribution < 1.29 is 46.1 Å². The van der Waals surface area contributed by atoms with Crippen molar-refractivity contribution in [1.29, 1.82) is 0 Å². The fourth-order valence-electron chi connectivity index (χ4n) is 2.44. The Morgan fingerprint density at radius 1 is 0.467 bits per heavy atom. The average Bonchev–Trinajstić information content (AvgIpc) is 2.87. The van der Waals surface area contributed by atoms with E-state index < -0.39 is 36.3 Å². The van der Waals surface area contributed by atoms with Crippen LogP contribution in [-0.2, 0) is 41.0 Å². The zero-order chi connectivity index (χ0) is 34.5. The SMILES string of the molecule is CC(C)OP(OC(C)C)SCC(C)OP(OC(C)CSP(OC(C)C)OC(C)C)SCC(C)OP(OC(C)C)SCCC(=O)O. The lowest BCUT2D eigenvalue weighted by Gasteiger charge is -2.27. The van der Waals surface area contributed by atoms with Crippen LogP contribution in [0, 0.1) is 0 Å². The summed E-state index contributed by atoms with van der Waals surface area (Å²) in [5.74, 6) is 1.64. The standard InChI is InChI=1S/C27H58O10P4S4/c1-19(2)30-38(31-20(3)4)43-16-25(12)36-41(37-26(13)17-44-39(32-21(5)6)33-22(7)8)45-18-24(11)35-40(34-23(9)10)42-15-14-27(28)29/h19-26H,14-18H2,1-13H3,(H,28,29). The highest BCUT2D eigenvalue weighted by Gasteiger charge is 2.26. The quantitative estimate of drug-likeness (QED) is 0.0725. The van der Waals surface area contributed by atoms with Gasteiger partial charge in [0.1, 0.15) is 0 Å². The maximum Gasteiger partial charge on any atom is 0.304 e. The Bertz CT molecular complexity index is 694. The van der Waals surface area contributed by atoms with E-state index in [9.17, 15) is 4.79 Å². The first-order chi connectivity index (χ1) is 21.0. The second kappa shape index (κ2) is 27.9. The molecule has 0 rings (SSSR count). The molecule has 45 heavy (non-hydrogen) atoms. The van der Waals surface area contributed by atoms with Gasteiger partial charge in [-0.3, -0.25) is 4.79 Å². The summed E-state index contributed by atoms with van der Waals surface area (Å²) < 4.78 is 49.2. The third-order valence-corrected chi connectivity index (χ3v) is 18.2. The van der Waals surface area contributed by atoms with E-state index in [4.69, 9.17) is 41.3 Å². The zero-order valence-corrected chi connectivity index (χ0v) is 36.0. The molecule has 0 aromatic carbocycles. The molecule has 0 aliphatic heterocycles. The minimum Gasteiger partial charge on any atom is -0.481 e. The van der Waals surface area contributed by atoms with Crippen molar-refractivity contribution in [3.05, 3.63) is 0 Å². The molecule has 1 N–H and O–H groups in total. The van der Waals surface area contributed by atoms with Gasteiger partial charge in [-0.25, -0.2) is 0 Å². The van der Waals surface area contributed by atoms with E-state index in [1.807, 2.05) is 90.0 Å². The predicted molar refractivity (Wildman–Crippen MR) is 203 cm³/mol. The fraction of sp³-hybridized carbons (Fsp3) is 0.963. The number of hydrogen-bond donors (Lipinski definition) is 1. The number of carboxylic acid groups (broad SMARTS) is 1. The number of aliphatic carboxylic acids is 1. The van der Waals surface area contributed by atoms with Crippen molar-refractivity contribution in [3.63, 3.8) is 0 Å². The van der Waals surface area contributed by atoms with Gasteiger partial charge in [-0.05, 0) is 90.0 Å². The van der Waals surface area contributed by atoms with Crippen molar-refractivity contribution >= 4 is 81.8 Å². The lowest BCUT2D eigenvalue weighted by Crippen LogP contribution is -2.15. The Morgan fingerprint density at radius 2 is 0.711 bits per heavy atom. The Morgan fingerprint density at radius 3 is 0.956 bits per heavy atom. The molecule has 4 unspecified atom stereocenters. The lowest BCUT2D eigenvalue weighted by molar-refractivity contribution is -0.136. The molecule has 0 aromatic rings. The molecule has 0 heterocycles. The Balaban J connectivity index is 5.39. The summed E-state index contributed by atoms with van der Waals surface area (Å²) in [6.45, 7) is 26.1. The van der Waals surface area contributed by atoms with Gasteiger partial charge in [-0.1, -0.05) is 45.5 Å². The maximum atomic E-state index is 11.0. The molecule has 0 aliphatic carbocycles. The maximum absolute atomic E-state index is 11.0. The molecule has 0 aliphatic rings. The van der Waals surface area contributed by atoms with Gasteiger partial charge >= 0.3 is 5.97 Å².